The lowest BCUT2D eigenvalue weighted by atomic mass is 9.85. The van der Waals surface area contributed by atoms with Crippen LogP contribution in [0.25, 0.3) is 0 Å². The second-order valence-corrected chi connectivity index (χ2v) is 20.8. The van der Waals surface area contributed by atoms with Crippen LogP contribution in [0.4, 0.5) is 14.9 Å². The van der Waals surface area contributed by atoms with Crippen molar-refractivity contribution in [1.82, 2.24) is 24.1 Å². The zero-order valence-corrected chi connectivity index (χ0v) is 34.7. The number of hydrogen-bond donors (Lipinski definition) is 3. The van der Waals surface area contributed by atoms with Gasteiger partial charge in [0.25, 0.3) is 5.91 Å². The second-order valence-electron chi connectivity index (χ2n) is 16.9. The van der Waals surface area contributed by atoms with Crippen molar-refractivity contribution in [2.75, 3.05) is 38.2 Å². The molecule has 7 rings (SSSR count). The first-order valence-corrected chi connectivity index (χ1v) is 22.7. The van der Waals surface area contributed by atoms with Crippen molar-refractivity contribution in [2.24, 2.45) is 11.3 Å². The van der Waals surface area contributed by atoms with Crippen LogP contribution in [0.15, 0.2) is 47.4 Å². The van der Waals surface area contributed by atoms with Crippen LogP contribution in [0.1, 0.15) is 70.9 Å². The summed E-state index contributed by atoms with van der Waals surface area (Å²) in [6.07, 6.45) is -0.335. The summed E-state index contributed by atoms with van der Waals surface area (Å²) < 4.78 is 81.8. The minimum absolute atomic E-state index is 0.0176. The molecule has 0 bridgehead atoms. The van der Waals surface area contributed by atoms with Gasteiger partial charge in [0.15, 0.2) is 0 Å². The number of likely N-dealkylation sites (tertiary alicyclic amines) is 1. The standard InChI is InChI=1S/C39H51FN6O10S2/c1-5-25-20-39(25,36(49)43-57(51,52)28-12-13-28)42-34(47)32-19-27(56-37(50)44-21-24-8-6-11-31(40)30(24)23-44)22-46(32)35(48)33(38(2,3)4)41-26-9-7-10-29(18-26)58(53,54)45-14-16-55-17-15-45/h6-11,18,25,27-28,32-33,41H,5,12-17,19-23H2,1-4H3,(H,42,47)(H,43,49)/t25-,27-,32+,33-,39-/m1/s1. The Morgan fingerprint density at radius 3 is 2.36 bits per heavy atom. The zero-order valence-electron chi connectivity index (χ0n) is 33.0. The summed E-state index contributed by atoms with van der Waals surface area (Å²) in [5, 5.41) is 5.35. The van der Waals surface area contributed by atoms with Gasteiger partial charge in [0, 0.05) is 37.3 Å². The van der Waals surface area contributed by atoms with Crippen LogP contribution in [0, 0.1) is 17.2 Å². The Labute approximate surface area is 338 Å². The van der Waals surface area contributed by atoms with Crippen molar-refractivity contribution in [2.45, 2.75) is 107 Å². The Kier molecular flexibility index (Phi) is 11.3. The number of nitrogens with one attached hydrogen (secondary N) is 3. The number of morpholine rings is 1. The number of amides is 4. The van der Waals surface area contributed by atoms with Crippen LogP contribution >= 0.6 is 0 Å². The van der Waals surface area contributed by atoms with Crippen molar-refractivity contribution in [1.29, 1.82) is 0 Å². The molecule has 2 saturated heterocycles. The number of ether oxygens (including phenoxy) is 2. The number of nitrogens with zero attached hydrogens (tertiary/aromatic N) is 3. The number of sulfonamides is 2. The number of hydrogen-bond acceptors (Lipinski definition) is 11. The summed E-state index contributed by atoms with van der Waals surface area (Å²) in [7, 11) is -7.80. The van der Waals surface area contributed by atoms with Crippen LogP contribution in [0.5, 0.6) is 0 Å². The van der Waals surface area contributed by atoms with Gasteiger partial charge in [-0.2, -0.15) is 4.31 Å². The number of carbonyl (C=O) groups is 4. The van der Waals surface area contributed by atoms with E-state index in [1.54, 1.807) is 45.0 Å². The van der Waals surface area contributed by atoms with Crippen molar-refractivity contribution in [3.8, 4) is 0 Å². The fourth-order valence-corrected chi connectivity index (χ4v) is 10.9. The molecule has 0 spiro atoms. The van der Waals surface area contributed by atoms with Gasteiger partial charge in [0.2, 0.25) is 31.9 Å². The first-order valence-electron chi connectivity index (χ1n) is 19.7. The largest absolute Gasteiger partial charge is 0.444 e. The van der Waals surface area contributed by atoms with Crippen LogP contribution in [-0.2, 0) is 57.0 Å². The van der Waals surface area contributed by atoms with E-state index in [0.717, 1.165) is 0 Å². The highest BCUT2D eigenvalue weighted by Crippen LogP contribution is 2.47. The molecule has 5 aliphatic rings. The lowest BCUT2D eigenvalue weighted by molar-refractivity contribution is -0.141. The van der Waals surface area contributed by atoms with E-state index in [-0.39, 0.29) is 69.6 Å². The molecule has 2 aromatic rings. The van der Waals surface area contributed by atoms with Crippen molar-refractivity contribution < 1.29 is 49.9 Å². The van der Waals surface area contributed by atoms with E-state index in [1.165, 1.54) is 32.3 Å². The molecular weight excluding hydrogens is 796 g/mol. The molecular formula is C39H51FN6O10S2. The summed E-state index contributed by atoms with van der Waals surface area (Å²) in [4.78, 5) is 58.9. The third-order valence-corrected chi connectivity index (χ3v) is 15.4. The van der Waals surface area contributed by atoms with E-state index in [0.29, 0.717) is 36.1 Å². The second kappa shape index (κ2) is 15.7. The highest BCUT2D eigenvalue weighted by Gasteiger charge is 2.62. The number of carbonyl (C=O) groups excluding carboxylic acids is 4. The highest BCUT2D eigenvalue weighted by atomic mass is 32.2. The normalized spacial score (nSPS) is 25.4. The van der Waals surface area contributed by atoms with Gasteiger partial charge in [0.05, 0.1) is 36.4 Å². The maximum Gasteiger partial charge on any atom is 0.410 e. The molecule has 2 aliphatic carbocycles. The van der Waals surface area contributed by atoms with Gasteiger partial charge in [0.1, 0.15) is 29.5 Å². The SMILES string of the molecule is CC[C@@H]1C[C@]1(NC(=O)[C@@H]1C[C@@H](OC(=O)N2Cc3cccc(F)c3C2)CN1C(=O)[C@@H](Nc1cccc(S(=O)(=O)N2CCOCC2)c1)C(C)(C)C)C(=O)NS(=O)(=O)C1CC1. The number of rotatable bonds is 12. The van der Waals surface area contributed by atoms with Crippen molar-refractivity contribution >= 4 is 49.5 Å². The fraction of sp³-hybridized carbons (Fsp3) is 0.590. The van der Waals surface area contributed by atoms with Gasteiger partial charge in [-0.1, -0.05) is 52.3 Å². The summed E-state index contributed by atoms with van der Waals surface area (Å²) in [5.41, 5.74) is -0.984. The molecule has 58 heavy (non-hydrogen) atoms. The van der Waals surface area contributed by atoms with E-state index in [1.807, 2.05) is 6.92 Å². The minimum atomic E-state index is -3.92. The number of benzene rings is 2. The zero-order chi connectivity index (χ0) is 41.8. The molecule has 4 fully saturated rings. The maximum absolute atomic E-state index is 14.8. The van der Waals surface area contributed by atoms with Crippen molar-refractivity contribution in [3.63, 3.8) is 0 Å². The molecule has 3 aliphatic heterocycles. The van der Waals surface area contributed by atoms with Gasteiger partial charge in [-0.05, 0) is 60.4 Å². The molecule has 16 nitrogen and oxygen atoms in total. The highest BCUT2D eigenvalue weighted by molar-refractivity contribution is 7.91. The van der Waals surface area contributed by atoms with Crippen LogP contribution in [0.2, 0.25) is 0 Å². The molecule has 4 amide bonds. The lowest BCUT2D eigenvalue weighted by Crippen LogP contribution is -2.58. The monoisotopic (exact) mass is 846 g/mol. The average Bonchev–Trinajstić information content (AvgIpc) is 4.07. The Bertz CT molecular complexity index is 2190. The first kappa shape index (κ1) is 41.8. The molecule has 316 valence electrons. The maximum atomic E-state index is 14.8. The quantitative estimate of drug-likeness (QED) is 0.284. The fourth-order valence-electron chi connectivity index (χ4n) is 8.06. The summed E-state index contributed by atoms with van der Waals surface area (Å²) in [6, 6.07) is 8.42. The van der Waals surface area contributed by atoms with E-state index in [4.69, 9.17) is 9.47 Å². The Morgan fingerprint density at radius 2 is 1.72 bits per heavy atom. The molecule has 2 aromatic carbocycles. The minimum Gasteiger partial charge on any atom is -0.444 e. The van der Waals surface area contributed by atoms with Gasteiger partial charge < -0.3 is 25.0 Å². The van der Waals surface area contributed by atoms with E-state index in [2.05, 4.69) is 15.4 Å². The molecule has 3 heterocycles. The summed E-state index contributed by atoms with van der Waals surface area (Å²) >= 11 is 0. The lowest BCUT2D eigenvalue weighted by Gasteiger charge is -2.36. The van der Waals surface area contributed by atoms with Gasteiger partial charge in [-0.3, -0.25) is 24.0 Å². The van der Waals surface area contributed by atoms with E-state index < -0.39 is 84.1 Å². The average molecular weight is 847 g/mol. The van der Waals surface area contributed by atoms with Gasteiger partial charge in [-0.25, -0.2) is 26.0 Å². The Hall–Kier alpha value is -4.33. The molecule has 0 radical (unpaired) electrons. The predicted octanol–water partition coefficient (Wildman–Crippen LogP) is 2.69. The smallest absolute Gasteiger partial charge is 0.410 e. The molecule has 0 aromatic heterocycles. The number of anilines is 1. The summed E-state index contributed by atoms with van der Waals surface area (Å²) in [6.45, 7) is 8.08. The summed E-state index contributed by atoms with van der Waals surface area (Å²) in [5.74, 6) is -2.90. The topological polar surface area (TPSA) is 201 Å². The van der Waals surface area contributed by atoms with Crippen LogP contribution < -0.4 is 15.4 Å². The Morgan fingerprint density at radius 1 is 1.02 bits per heavy atom. The Balaban J connectivity index is 1.14. The predicted molar refractivity (Wildman–Crippen MR) is 208 cm³/mol. The third kappa shape index (κ3) is 8.40. The van der Waals surface area contributed by atoms with E-state index in [9.17, 15) is 40.4 Å². The van der Waals surface area contributed by atoms with Crippen LogP contribution in [-0.4, -0.2) is 117 Å². The molecule has 19 heteroatoms. The molecule has 5 atom stereocenters. The molecule has 2 saturated carbocycles. The molecule has 0 unspecified atom stereocenters. The first-order chi connectivity index (χ1) is 27.3. The number of halogens is 1. The van der Waals surface area contributed by atoms with Crippen molar-refractivity contribution in [3.05, 3.63) is 59.4 Å². The third-order valence-electron chi connectivity index (χ3n) is 11.7. The molecule has 3 N–H and O–H groups in total. The number of fused-ring (bicyclic) bond motifs is 1. The van der Waals surface area contributed by atoms with Gasteiger partial charge in [-0.15, -0.1) is 0 Å². The van der Waals surface area contributed by atoms with E-state index >= 15 is 0 Å². The van der Waals surface area contributed by atoms with Gasteiger partial charge >= 0.3 is 6.09 Å². The van der Waals surface area contributed by atoms with Crippen LogP contribution in [0.3, 0.4) is 0 Å².